The van der Waals surface area contributed by atoms with Gasteiger partial charge in [-0.2, -0.15) is 0 Å². The Labute approximate surface area is 151 Å². The third kappa shape index (κ3) is 2.49. The predicted octanol–water partition coefficient (Wildman–Crippen LogP) is 5.13. The number of aryl methyl sites for hydroxylation is 2. The molecule has 132 valence electrons. The van der Waals surface area contributed by atoms with Crippen LogP contribution in [0.2, 0.25) is 0 Å². The molecule has 0 aromatic heterocycles. The molecule has 1 saturated carbocycles. The first-order valence-corrected chi connectivity index (χ1v) is 9.97. The molecule has 2 aliphatic rings. The smallest absolute Gasteiger partial charge is 0.226 e. The molecule has 1 N–H and O–H groups in total. The molecule has 2 aromatic carbocycles. The minimum Gasteiger partial charge on any atom is -0.359 e. The molecule has 1 atom stereocenters. The lowest BCUT2D eigenvalue weighted by molar-refractivity contribution is -0.134. The fraction of sp³-hybridized carbons (Fsp3) is 0.522. The van der Waals surface area contributed by atoms with Crippen LogP contribution < -0.4 is 5.32 Å². The minimum atomic E-state index is -0.207. The van der Waals surface area contributed by atoms with Crippen LogP contribution in [0.15, 0.2) is 30.3 Å². The van der Waals surface area contributed by atoms with Gasteiger partial charge in [0.05, 0.1) is 5.41 Å². The second-order valence-electron chi connectivity index (χ2n) is 7.89. The van der Waals surface area contributed by atoms with Crippen LogP contribution >= 0.6 is 0 Å². The summed E-state index contributed by atoms with van der Waals surface area (Å²) >= 11 is 0. The first-order valence-electron chi connectivity index (χ1n) is 9.97. The molecular weight excluding hydrogens is 306 g/mol. The number of amides is 1. The Hall–Kier alpha value is -1.83. The van der Waals surface area contributed by atoms with E-state index in [0.717, 1.165) is 32.1 Å². The molecule has 2 aliphatic carbocycles. The van der Waals surface area contributed by atoms with E-state index < -0.39 is 0 Å². The van der Waals surface area contributed by atoms with Gasteiger partial charge in [-0.1, -0.05) is 56.5 Å². The molecule has 2 heteroatoms. The number of nitrogens with one attached hydrogen (secondary N) is 1. The maximum Gasteiger partial charge on any atom is 0.226 e. The fourth-order valence-electron chi connectivity index (χ4n) is 5.62. The average molecular weight is 335 g/mol. The Kier molecular flexibility index (Phi) is 4.31. The van der Waals surface area contributed by atoms with Gasteiger partial charge in [0.2, 0.25) is 5.91 Å². The van der Waals surface area contributed by atoms with Crippen LogP contribution in [-0.2, 0) is 17.6 Å². The van der Waals surface area contributed by atoms with Gasteiger partial charge in [-0.25, -0.2) is 0 Å². The highest BCUT2D eigenvalue weighted by Crippen LogP contribution is 2.53. The first kappa shape index (κ1) is 16.6. The maximum absolute atomic E-state index is 13.0. The van der Waals surface area contributed by atoms with Crippen molar-refractivity contribution in [2.24, 2.45) is 5.41 Å². The maximum atomic E-state index is 13.0. The van der Waals surface area contributed by atoms with E-state index in [1.807, 2.05) is 7.05 Å². The Morgan fingerprint density at radius 2 is 1.96 bits per heavy atom. The van der Waals surface area contributed by atoms with Crippen LogP contribution in [0, 0.1) is 5.41 Å². The van der Waals surface area contributed by atoms with Crippen LogP contribution in [0.25, 0.3) is 10.8 Å². The predicted molar refractivity (Wildman–Crippen MR) is 104 cm³/mol. The number of hydrogen-bond acceptors (Lipinski definition) is 1. The second-order valence-corrected chi connectivity index (χ2v) is 7.89. The Bertz CT molecular complexity index is 801. The molecule has 25 heavy (non-hydrogen) atoms. The van der Waals surface area contributed by atoms with Crippen LogP contribution in [0.3, 0.4) is 0 Å². The summed E-state index contributed by atoms with van der Waals surface area (Å²) < 4.78 is 0. The molecule has 0 heterocycles. The van der Waals surface area contributed by atoms with Gasteiger partial charge >= 0.3 is 0 Å². The molecule has 0 aliphatic heterocycles. The third-order valence-corrected chi connectivity index (χ3v) is 6.81. The summed E-state index contributed by atoms with van der Waals surface area (Å²) in [6.07, 6.45) is 9.02. The molecule has 1 unspecified atom stereocenters. The number of benzene rings is 2. The van der Waals surface area contributed by atoms with Gasteiger partial charge in [0.15, 0.2) is 0 Å². The number of rotatable bonds is 3. The largest absolute Gasteiger partial charge is 0.359 e. The zero-order chi connectivity index (χ0) is 17.4. The van der Waals surface area contributed by atoms with Crippen LogP contribution in [0.4, 0.5) is 0 Å². The van der Waals surface area contributed by atoms with Crippen LogP contribution in [0.5, 0.6) is 0 Å². The third-order valence-electron chi connectivity index (χ3n) is 6.81. The van der Waals surface area contributed by atoms with E-state index in [1.165, 1.54) is 46.7 Å². The van der Waals surface area contributed by atoms with Crippen molar-refractivity contribution in [3.8, 4) is 0 Å². The van der Waals surface area contributed by atoms with Gasteiger partial charge in [-0.3, -0.25) is 4.79 Å². The normalized spacial score (nSPS) is 21.9. The lowest BCUT2D eigenvalue weighted by atomic mass is 9.59. The molecule has 4 rings (SSSR count). The van der Waals surface area contributed by atoms with Gasteiger partial charge in [0.25, 0.3) is 0 Å². The van der Waals surface area contributed by atoms with E-state index in [9.17, 15) is 4.79 Å². The molecule has 0 radical (unpaired) electrons. The van der Waals surface area contributed by atoms with Crippen molar-refractivity contribution in [3.63, 3.8) is 0 Å². The van der Waals surface area contributed by atoms with E-state index in [1.54, 1.807) is 0 Å². The van der Waals surface area contributed by atoms with E-state index in [-0.39, 0.29) is 11.3 Å². The average Bonchev–Trinajstić information content (AvgIpc) is 2.68. The highest BCUT2D eigenvalue weighted by molar-refractivity contribution is 5.93. The summed E-state index contributed by atoms with van der Waals surface area (Å²) in [5.41, 5.74) is 4.24. The number of carbonyl (C=O) groups excluding carboxylic acids is 1. The lowest BCUT2D eigenvalue weighted by Crippen LogP contribution is -2.46. The second kappa shape index (κ2) is 6.48. The highest BCUT2D eigenvalue weighted by Gasteiger charge is 2.47. The molecule has 2 aromatic rings. The Morgan fingerprint density at radius 3 is 2.68 bits per heavy atom. The van der Waals surface area contributed by atoms with Crippen molar-refractivity contribution < 1.29 is 4.79 Å². The lowest BCUT2D eigenvalue weighted by Gasteiger charge is -2.44. The monoisotopic (exact) mass is 335 g/mol. The van der Waals surface area contributed by atoms with Gasteiger partial charge in [-0.05, 0) is 65.5 Å². The molecule has 0 bridgehead atoms. The van der Waals surface area contributed by atoms with Crippen molar-refractivity contribution >= 4 is 16.7 Å². The molecule has 0 spiro atoms. The quantitative estimate of drug-likeness (QED) is 0.828. The fourth-order valence-corrected chi connectivity index (χ4v) is 5.62. The minimum absolute atomic E-state index is 0.207. The van der Waals surface area contributed by atoms with E-state index >= 15 is 0 Å². The first-order chi connectivity index (χ1) is 12.2. The zero-order valence-electron chi connectivity index (χ0n) is 15.5. The van der Waals surface area contributed by atoms with Gasteiger partial charge in [0, 0.05) is 7.05 Å². The van der Waals surface area contributed by atoms with Crippen LogP contribution in [0.1, 0.15) is 68.1 Å². The Morgan fingerprint density at radius 1 is 1.16 bits per heavy atom. The molecule has 2 nitrogen and oxygen atoms in total. The van der Waals surface area contributed by atoms with E-state index in [2.05, 4.69) is 42.6 Å². The number of hydrogen-bond donors (Lipinski definition) is 1. The van der Waals surface area contributed by atoms with Crippen molar-refractivity contribution in [2.75, 3.05) is 7.05 Å². The van der Waals surface area contributed by atoms with Crippen molar-refractivity contribution in [3.05, 3.63) is 47.0 Å². The van der Waals surface area contributed by atoms with Crippen LogP contribution in [-0.4, -0.2) is 13.0 Å². The summed E-state index contributed by atoms with van der Waals surface area (Å²) in [5.74, 6) is 0.625. The Balaban J connectivity index is 1.91. The topological polar surface area (TPSA) is 29.1 Å². The zero-order valence-corrected chi connectivity index (χ0v) is 15.5. The summed E-state index contributed by atoms with van der Waals surface area (Å²) in [5, 5.41) is 5.81. The van der Waals surface area contributed by atoms with Crippen molar-refractivity contribution in [1.82, 2.24) is 5.32 Å². The van der Waals surface area contributed by atoms with E-state index in [0.29, 0.717) is 5.92 Å². The molecular formula is C23H29NO. The SMILES string of the molecule is CCc1ccc2cccc3c2c1CCC3C1(C(=O)NC)CCCCC1. The van der Waals surface area contributed by atoms with Gasteiger partial charge in [0.1, 0.15) is 0 Å². The summed E-state index contributed by atoms with van der Waals surface area (Å²) in [6.45, 7) is 2.25. The summed E-state index contributed by atoms with van der Waals surface area (Å²) in [4.78, 5) is 13.0. The highest BCUT2D eigenvalue weighted by atomic mass is 16.2. The molecule has 1 fully saturated rings. The number of carbonyl (C=O) groups is 1. The summed E-state index contributed by atoms with van der Waals surface area (Å²) in [7, 11) is 1.81. The van der Waals surface area contributed by atoms with Gasteiger partial charge in [-0.15, -0.1) is 0 Å². The summed E-state index contributed by atoms with van der Waals surface area (Å²) in [6, 6.07) is 11.3. The molecule has 1 amide bonds. The van der Waals surface area contributed by atoms with Crippen molar-refractivity contribution in [2.45, 2.75) is 64.2 Å². The van der Waals surface area contributed by atoms with Gasteiger partial charge < -0.3 is 5.32 Å². The van der Waals surface area contributed by atoms with Crippen molar-refractivity contribution in [1.29, 1.82) is 0 Å². The van der Waals surface area contributed by atoms with E-state index in [4.69, 9.17) is 0 Å². The standard InChI is InChI=1S/C23H29NO/c1-3-16-10-11-17-8-7-9-19-20(13-12-18(16)21(17)19)23(22(25)24-2)14-5-4-6-15-23/h7-11,20H,3-6,12-15H2,1-2H3,(H,24,25). The molecule has 0 saturated heterocycles.